The average molecular weight is 444 g/mol. The van der Waals surface area contributed by atoms with Crippen molar-refractivity contribution in [3.63, 3.8) is 0 Å². The highest BCUT2D eigenvalue weighted by Gasteiger charge is 2.15. The summed E-state index contributed by atoms with van der Waals surface area (Å²) in [7, 11) is 0. The lowest BCUT2D eigenvalue weighted by Crippen LogP contribution is -2.15. The number of thioether (sulfide) groups is 1. The summed E-state index contributed by atoms with van der Waals surface area (Å²) >= 11 is 7.25. The van der Waals surface area contributed by atoms with Gasteiger partial charge in [0.05, 0.1) is 11.4 Å². The molecule has 2 heterocycles. The van der Waals surface area contributed by atoms with Crippen LogP contribution in [0.15, 0.2) is 54.3 Å². The van der Waals surface area contributed by atoms with E-state index in [1.54, 1.807) is 24.4 Å². The van der Waals surface area contributed by atoms with E-state index in [1.807, 2.05) is 30.5 Å². The third-order valence-corrected chi connectivity index (χ3v) is 5.30. The first-order chi connectivity index (χ1) is 14.5. The highest BCUT2D eigenvalue weighted by atomic mass is 35.5. The molecule has 9 heteroatoms. The summed E-state index contributed by atoms with van der Waals surface area (Å²) in [5, 5.41) is 12.0. The summed E-state index contributed by atoms with van der Waals surface area (Å²) in [6, 6.07) is 9.44. The zero-order valence-corrected chi connectivity index (χ0v) is 18.3. The molecule has 1 aromatic carbocycles. The minimum atomic E-state index is -0.212. The number of ether oxygens (including phenoxy) is 1. The number of benzene rings is 1. The first-order valence-corrected chi connectivity index (χ1v) is 10.6. The Morgan fingerprint density at radius 1 is 1.30 bits per heavy atom. The van der Waals surface area contributed by atoms with Crippen LogP contribution in [-0.4, -0.2) is 31.4 Å². The number of nitrogens with one attached hydrogen (secondary N) is 1. The number of pyridine rings is 1. The molecule has 156 valence electrons. The van der Waals surface area contributed by atoms with Crippen LogP contribution in [0.25, 0.3) is 0 Å². The van der Waals surface area contributed by atoms with Crippen molar-refractivity contribution >= 4 is 35.0 Å². The van der Waals surface area contributed by atoms with Crippen LogP contribution in [0.4, 0.5) is 5.69 Å². The van der Waals surface area contributed by atoms with Gasteiger partial charge in [-0.3, -0.25) is 9.36 Å². The molecular weight excluding hydrogens is 422 g/mol. The Kier molecular flexibility index (Phi) is 7.48. The molecule has 0 saturated heterocycles. The Hall–Kier alpha value is -2.84. The number of aryl methyl sites for hydroxylation is 2. The lowest BCUT2D eigenvalue weighted by Gasteiger charge is -2.10. The van der Waals surface area contributed by atoms with Crippen molar-refractivity contribution in [3.8, 4) is 5.75 Å². The fourth-order valence-electron chi connectivity index (χ4n) is 2.80. The normalized spacial score (nSPS) is 10.6. The lowest BCUT2D eigenvalue weighted by atomic mass is 10.1. The number of anilines is 1. The maximum absolute atomic E-state index is 12.3. The molecule has 0 spiro atoms. The number of rotatable bonds is 9. The van der Waals surface area contributed by atoms with E-state index in [2.05, 4.69) is 33.1 Å². The van der Waals surface area contributed by atoms with Crippen LogP contribution in [0.2, 0.25) is 5.15 Å². The largest absolute Gasteiger partial charge is 0.486 e. The summed E-state index contributed by atoms with van der Waals surface area (Å²) in [6.45, 7) is 8.62. The van der Waals surface area contributed by atoms with E-state index >= 15 is 0 Å². The van der Waals surface area contributed by atoms with Crippen molar-refractivity contribution in [2.24, 2.45) is 0 Å². The monoisotopic (exact) mass is 443 g/mol. The van der Waals surface area contributed by atoms with Gasteiger partial charge in [0.15, 0.2) is 16.1 Å². The van der Waals surface area contributed by atoms with Crippen LogP contribution < -0.4 is 10.1 Å². The molecule has 30 heavy (non-hydrogen) atoms. The molecule has 1 amide bonds. The first-order valence-electron chi connectivity index (χ1n) is 9.23. The maximum Gasteiger partial charge on any atom is 0.234 e. The van der Waals surface area contributed by atoms with Gasteiger partial charge in [-0.05, 0) is 49.2 Å². The van der Waals surface area contributed by atoms with Gasteiger partial charge >= 0.3 is 0 Å². The van der Waals surface area contributed by atoms with Crippen LogP contribution in [0.1, 0.15) is 17.0 Å². The summed E-state index contributed by atoms with van der Waals surface area (Å²) in [4.78, 5) is 16.2. The van der Waals surface area contributed by atoms with Gasteiger partial charge in [-0.25, -0.2) is 4.98 Å². The predicted molar refractivity (Wildman–Crippen MR) is 119 cm³/mol. The van der Waals surface area contributed by atoms with Gasteiger partial charge in [0.1, 0.15) is 12.4 Å². The standard InChI is InChI=1S/C21H22ClN5O2S/c1-4-8-27-18(12-29-16-10-14(2)9-15(3)11-16)25-26-21(27)30-13-19(28)24-17-6-5-7-23-20(17)22/h4-7,9-11H,1,8,12-13H2,2-3H3,(H,24,28). The second-order valence-electron chi connectivity index (χ2n) is 6.59. The number of carbonyl (C=O) groups excluding carboxylic acids is 1. The zero-order chi connectivity index (χ0) is 21.5. The third-order valence-electron chi connectivity index (χ3n) is 4.03. The number of aromatic nitrogens is 4. The number of carbonyl (C=O) groups is 1. The molecule has 0 aliphatic carbocycles. The predicted octanol–water partition coefficient (Wildman–Crippen LogP) is 4.44. The van der Waals surface area contributed by atoms with Crippen molar-refractivity contribution < 1.29 is 9.53 Å². The fourth-order valence-corrected chi connectivity index (χ4v) is 3.74. The van der Waals surface area contributed by atoms with Crippen molar-refractivity contribution in [2.45, 2.75) is 32.2 Å². The topological polar surface area (TPSA) is 81.9 Å². The van der Waals surface area contributed by atoms with Crippen molar-refractivity contribution in [3.05, 3.63) is 71.3 Å². The van der Waals surface area contributed by atoms with Gasteiger partial charge in [-0.15, -0.1) is 16.8 Å². The zero-order valence-electron chi connectivity index (χ0n) is 16.8. The van der Waals surface area contributed by atoms with Crippen molar-refractivity contribution in [1.82, 2.24) is 19.7 Å². The summed E-state index contributed by atoms with van der Waals surface area (Å²) in [5.74, 6) is 1.38. The number of amides is 1. The fraction of sp³-hybridized carbons (Fsp3) is 0.238. The Morgan fingerprint density at radius 3 is 2.77 bits per heavy atom. The average Bonchev–Trinajstić information content (AvgIpc) is 3.08. The summed E-state index contributed by atoms with van der Waals surface area (Å²) in [6.07, 6.45) is 3.31. The van der Waals surface area contributed by atoms with E-state index in [-0.39, 0.29) is 23.4 Å². The van der Waals surface area contributed by atoms with E-state index in [0.29, 0.717) is 23.2 Å². The molecule has 3 aromatic rings. The molecule has 3 rings (SSSR count). The van der Waals surface area contributed by atoms with E-state index in [4.69, 9.17) is 16.3 Å². The van der Waals surface area contributed by atoms with Crippen LogP contribution in [0.3, 0.4) is 0 Å². The molecule has 0 unspecified atom stereocenters. The Morgan fingerprint density at radius 2 is 2.07 bits per heavy atom. The highest BCUT2D eigenvalue weighted by Crippen LogP contribution is 2.22. The van der Waals surface area contributed by atoms with Gasteiger partial charge < -0.3 is 10.1 Å². The maximum atomic E-state index is 12.3. The highest BCUT2D eigenvalue weighted by molar-refractivity contribution is 7.99. The first kappa shape index (κ1) is 21.9. The SMILES string of the molecule is C=CCn1c(COc2cc(C)cc(C)c2)nnc1SCC(=O)Nc1cccnc1Cl. The molecule has 0 aliphatic heterocycles. The molecule has 1 N–H and O–H groups in total. The van der Waals surface area contributed by atoms with E-state index in [0.717, 1.165) is 16.9 Å². The molecular formula is C21H22ClN5O2S. The lowest BCUT2D eigenvalue weighted by molar-refractivity contribution is -0.113. The molecule has 0 bridgehead atoms. The summed E-state index contributed by atoms with van der Waals surface area (Å²) < 4.78 is 7.78. The quantitative estimate of drug-likeness (QED) is 0.299. The van der Waals surface area contributed by atoms with E-state index in [9.17, 15) is 4.79 Å². The van der Waals surface area contributed by atoms with Gasteiger partial charge in [0, 0.05) is 12.7 Å². The molecule has 0 saturated carbocycles. The Bertz CT molecular complexity index is 1030. The molecule has 0 fully saturated rings. The van der Waals surface area contributed by atoms with Crippen LogP contribution in [0.5, 0.6) is 5.75 Å². The third kappa shape index (κ3) is 5.84. The van der Waals surface area contributed by atoms with Crippen molar-refractivity contribution in [1.29, 1.82) is 0 Å². The van der Waals surface area contributed by atoms with Crippen molar-refractivity contribution in [2.75, 3.05) is 11.1 Å². The van der Waals surface area contributed by atoms with Gasteiger partial charge in [-0.2, -0.15) is 0 Å². The van der Waals surface area contributed by atoms with Gasteiger partial charge in [-0.1, -0.05) is 35.5 Å². The molecule has 0 aliphatic rings. The number of allylic oxidation sites excluding steroid dienone is 1. The number of hydrogen-bond donors (Lipinski definition) is 1. The second kappa shape index (κ2) is 10.3. The van der Waals surface area contributed by atoms with E-state index < -0.39 is 0 Å². The minimum absolute atomic E-state index is 0.151. The number of halogens is 1. The molecule has 0 radical (unpaired) electrons. The van der Waals surface area contributed by atoms with Crippen LogP contribution in [-0.2, 0) is 17.9 Å². The minimum Gasteiger partial charge on any atom is -0.486 e. The summed E-state index contributed by atoms with van der Waals surface area (Å²) in [5.41, 5.74) is 2.74. The van der Waals surface area contributed by atoms with Gasteiger partial charge in [0.2, 0.25) is 5.91 Å². The Balaban J connectivity index is 1.64. The second-order valence-corrected chi connectivity index (χ2v) is 7.89. The molecule has 0 atom stereocenters. The van der Waals surface area contributed by atoms with Crippen LogP contribution in [0, 0.1) is 13.8 Å². The molecule has 2 aromatic heterocycles. The number of nitrogens with zero attached hydrogens (tertiary/aromatic N) is 4. The number of hydrogen-bond acceptors (Lipinski definition) is 6. The Labute approximate surface area is 184 Å². The van der Waals surface area contributed by atoms with E-state index in [1.165, 1.54) is 11.8 Å². The van der Waals surface area contributed by atoms with Crippen LogP contribution >= 0.6 is 23.4 Å². The smallest absolute Gasteiger partial charge is 0.234 e. The van der Waals surface area contributed by atoms with Gasteiger partial charge in [0.25, 0.3) is 0 Å². The molecule has 7 nitrogen and oxygen atoms in total.